The Morgan fingerprint density at radius 2 is 1.97 bits per heavy atom. The first-order valence-electron chi connectivity index (χ1n) is 10.4. The summed E-state index contributed by atoms with van der Waals surface area (Å²) in [4.78, 5) is 31.3. The van der Waals surface area contributed by atoms with Crippen molar-refractivity contribution in [2.75, 3.05) is 18.4 Å². The van der Waals surface area contributed by atoms with Gasteiger partial charge in [-0.3, -0.25) is 9.78 Å². The molecule has 1 aliphatic heterocycles. The van der Waals surface area contributed by atoms with Gasteiger partial charge in [-0.2, -0.15) is 0 Å². The minimum absolute atomic E-state index is 0.0174. The molecule has 1 fully saturated rings. The number of hydrogen-bond acceptors (Lipinski definition) is 6. The second-order valence-corrected chi connectivity index (χ2v) is 7.71. The van der Waals surface area contributed by atoms with Crippen LogP contribution < -0.4 is 5.32 Å². The summed E-state index contributed by atoms with van der Waals surface area (Å²) in [5, 5.41) is 3.31. The quantitative estimate of drug-likeness (QED) is 0.675. The molecule has 7 nitrogen and oxygen atoms in total. The van der Waals surface area contributed by atoms with E-state index in [2.05, 4.69) is 37.4 Å². The van der Waals surface area contributed by atoms with Gasteiger partial charge in [0.25, 0.3) is 5.91 Å². The number of carbonyl (C=O) groups is 1. The van der Waals surface area contributed by atoms with Crippen molar-refractivity contribution in [3.63, 3.8) is 0 Å². The van der Waals surface area contributed by atoms with Gasteiger partial charge >= 0.3 is 0 Å². The molecule has 0 radical (unpaired) electrons. The number of aryl methyl sites for hydroxylation is 2. The first kappa shape index (κ1) is 19.9. The molecular formula is C23H26N6O. The van der Waals surface area contributed by atoms with Gasteiger partial charge in [-0.05, 0) is 67.9 Å². The number of hydrogen-bond donors (Lipinski definition) is 1. The molecular weight excluding hydrogens is 376 g/mol. The van der Waals surface area contributed by atoms with Gasteiger partial charge in [-0.15, -0.1) is 0 Å². The fraction of sp³-hybridized carbons (Fsp3) is 0.348. The summed E-state index contributed by atoms with van der Waals surface area (Å²) in [6.07, 6.45) is 12.5. The number of carbonyl (C=O) groups excluding carboxylic acids is 1. The highest BCUT2D eigenvalue weighted by atomic mass is 16.2. The van der Waals surface area contributed by atoms with Crippen LogP contribution in [0.15, 0.2) is 55.2 Å². The molecule has 0 atom stereocenters. The van der Waals surface area contributed by atoms with Gasteiger partial charge in [0, 0.05) is 37.9 Å². The fourth-order valence-corrected chi connectivity index (χ4v) is 3.80. The number of nitrogens with one attached hydrogen (secondary N) is 1. The Morgan fingerprint density at radius 3 is 2.73 bits per heavy atom. The van der Waals surface area contributed by atoms with Crippen molar-refractivity contribution < 1.29 is 4.79 Å². The van der Waals surface area contributed by atoms with Crippen LogP contribution in [0, 0.1) is 12.8 Å². The summed E-state index contributed by atoms with van der Waals surface area (Å²) in [6, 6.07) is 8.13. The van der Waals surface area contributed by atoms with Crippen molar-refractivity contribution in [1.82, 2.24) is 24.8 Å². The maximum Gasteiger partial charge on any atom is 0.274 e. The van der Waals surface area contributed by atoms with E-state index in [9.17, 15) is 4.79 Å². The predicted octanol–water partition coefficient (Wildman–Crippen LogP) is 3.80. The third-order valence-corrected chi connectivity index (χ3v) is 5.61. The average Bonchev–Trinajstić information content (AvgIpc) is 2.80. The van der Waals surface area contributed by atoms with Gasteiger partial charge in [-0.1, -0.05) is 6.07 Å². The molecule has 30 heavy (non-hydrogen) atoms. The summed E-state index contributed by atoms with van der Waals surface area (Å²) < 4.78 is 0. The smallest absolute Gasteiger partial charge is 0.274 e. The number of piperidine rings is 1. The fourth-order valence-electron chi connectivity index (χ4n) is 3.80. The van der Waals surface area contributed by atoms with Crippen LogP contribution in [0.1, 0.15) is 40.9 Å². The molecule has 1 amide bonds. The van der Waals surface area contributed by atoms with E-state index in [0.29, 0.717) is 11.6 Å². The van der Waals surface area contributed by atoms with Gasteiger partial charge in [-0.25, -0.2) is 15.0 Å². The van der Waals surface area contributed by atoms with Crippen molar-refractivity contribution in [2.45, 2.75) is 32.6 Å². The van der Waals surface area contributed by atoms with Gasteiger partial charge in [0.1, 0.15) is 17.3 Å². The Bertz CT molecular complexity index is 986. The third kappa shape index (κ3) is 4.97. The third-order valence-electron chi connectivity index (χ3n) is 5.61. The molecule has 1 N–H and O–H groups in total. The van der Waals surface area contributed by atoms with E-state index < -0.39 is 0 Å². The summed E-state index contributed by atoms with van der Waals surface area (Å²) in [5.41, 5.74) is 2.78. The Labute approximate surface area is 176 Å². The SMILES string of the molecule is Cc1cccnc1Nc1cc(CCC2CCN(C(=O)c3cnccn3)CC2)ccn1. The molecule has 0 unspecified atom stereocenters. The number of rotatable bonds is 6. The first-order chi connectivity index (χ1) is 14.7. The molecule has 0 spiro atoms. The summed E-state index contributed by atoms with van der Waals surface area (Å²) in [5.74, 6) is 2.26. The van der Waals surface area contributed by atoms with Crippen molar-refractivity contribution in [1.29, 1.82) is 0 Å². The molecule has 154 valence electrons. The van der Waals surface area contributed by atoms with Crippen LogP contribution in [0.3, 0.4) is 0 Å². The zero-order valence-electron chi connectivity index (χ0n) is 17.2. The summed E-state index contributed by atoms with van der Waals surface area (Å²) in [7, 11) is 0. The maximum atomic E-state index is 12.5. The number of pyridine rings is 2. The summed E-state index contributed by atoms with van der Waals surface area (Å²) in [6.45, 7) is 3.59. The topological polar surface area (TPSA) is 83.9 Å². The number of nitrogens with zero attached hydrogens (tertiary/aromatic N) is 5. The Kier molecular flexibility index (Phi) is 6.27. The molecule has 1 aliphatic rings. The summed E-state index contributed by atoms with van der Waals surface area (Å²) >= 11 is 0. The molecule has 0 aromatic carbocycles. The molecule has 3 aromatic heterocycles. The van der Waals surface area contributed by atoms with Crippen molar-refractivity contribution in [2.24, 2.45) is 5.92 Å². The molecule has 3 aromatic rings. The lowest BCUT2D eigenvalue weighted by Gasteiger charge is -2.31. The molecule has 0 saturated carbocycles. The van der Waals surface area contributed by atoms with E-state index in [0.717, 1.165) is 56.0 Å². The first-order valence-corrected chi connectivity index (χ1v) is 10.4. The highest BCUT2D eigenvalue weighted by Gasteiger charge is 2.24. The van der Waals surface area contributed by atoms with E-state index in [1.165, 1.54) is 11.8 Å². The van der Waals surface area contributed by atoms with Gasteiger partial charge < -0.3 is 10.2 Å². The van der Waals surface area contributed by atoms with E-state index in [1.54, 1.807) is 18.6 Å². The van der Waals surface area contributed by atoms with E-state index in [-0.39, 0.29) is 5.91 Å². The number of amides is 1. The molecule has 0 bridgehead atoms. The largest absolute Gasteiger partial charge is 0.337 e. The maximum absolute atomic E-state index is 12.5. The molecule has 4 rings (SSSR count). The lowest BCUT2D eigenvalue weighted by Crippen LogP contribution is -2.39. The Morgan fingerprint density at radius 1 is 1.10 bits per heavy atom. The van der Waals surface area contributed by atoms with Crippen LogP contribution in [-0.4, -0.2) is 43.8 Å². The zero-order chi connectivity index (χ0) is 20.8. The lowest BCUT2D eigenvalue weighted by atomic mass is 9.90. The lowest BCUT2D eigenvalue weighted by molar-refractivity contribution is 0.0680. The van der Waals surface area contributed by atoms with Gasteiger partial charge in [0.2, 0.25) is 0 Å². The highest BCUT2D eigenvalue weighted by Crippen LogP contribution is 2.24. The monoisotopic (exact) mass is 402 g/mol. The Hall–Kier alpha value is -3.35. The minimum Gasteiger partial charge on any atom is -0.337 e. The second-order valence-electron chi connectivity index (χ2n) is 7.71. The number of anilines is 2. The van der Waals surface area contributed by atoms with Gasteiger partial charge in [0.05, 0.1) is 6.20 Å². The van der Waals surface area contributed by atoms with Gasteiger partial charge in [0.15, 0.2) is 0 Å². The van der Waals surface area contributed by atoms with Crippen molar-refractivity contribution in [3.05, 3.63) is 72.1 Å². The molecule has 0 aliphatic carbocycles. The van der Waals surface area contributed by atoms with Crippen molar-refractivity contribution in [3.8, 4) is 0 Å². The average molecular weight is 403 g/mol. The standard InChI is InChI=1S/C23H26N6O/c1-17-3-2-9-27-22(17)28-21-15-19(6-10-26-21)5-4-18-7-13-29(14-8-18)23(30)20-16-24-11-12-25-20/h2-3,6,9-12,15-16,18H,4-5,7-8,13-14H2,1H3,(H,26,27,28). The normalized spacial score (nSPS) is 14.5. The van der Waals surface area contributed by atoms with Crippen molar-refractivity contribution >= 4 is 17.5 Å². The van der Waals surface area contributed by atoms with Crippen LogP contribution in [0.25, 0.3) is 0 Å². The van der Waals surface area contributed by atoms with Crippen LogP contribution in [-0.2, 0) is 6.42 Å². The highest BCUT2D eigenvalue weighted by molar-refractivity contribution is 5.92. The molecule has 7 heteroatoms. The van der Waals surface area contributed by atoms with E-state index >= 15 is 0 Å². The van der Waals surface area contributed by atoms with Crippen LogP contribution in [0.5, 0.6) is 0 Å². The number of aromatic nitrogens is 4. The van der Waals surface area contributed by atoms with E-state index in [4.69, 9.17) is 0 Å². The van der Waals surface area contributed by atoms with E-state index in [1.807, 2.05) is 30.2 Å². The molecule has 4 heterocycles. The second kappa shape index (κ2) is 9.43. The zero-order valence-corrected chi connectivity index (χ0v) is 17.2. The number of likely N-dealkylation sites (tertiary alicyclic amines) is 1. The van der Waals surface area contributed by atoms with Crippen LogP contribution in [0.4, 0.5) is 11.6 Å². The minimum atomic E-state index is -0.0174. The predicted molar refractivity (Wildman–Crippen MR) is 115 cm³/mol. The van der Waals surface area contributed by atoms with Crippen LogP contribution in [0.2, 0.25) is 0 Å². The Balaban J connectivity index is 1.28. The molecule has 1 saturated heterocycles. The van der Waals surface area contributed by atoms with Crippen LogP contribution >= 0.6 is 0 Å².